The molecule has 2 heterocycles. The van der Waals surface area contributed by atoms with Crippen molar-refractivity contribution in [3.05, 3.63) is 41.9 Å². The molecule has 1 fully saturated rings. The van der Waals surface area contributed by atoms with Crippen LogP contribution in [-0.2, 0) is 0 Å². The molecule has 116 valence electrons. The predicted octanol–water partition coefficient (Wildman–Crippen LogP) is 2.43. The van der Waals surface area contributed by atoms with Crippen molar-refractivity contribution in [1.29, 1.82) is 0 Å². The topological polar surface area (TPSA) is 49.6 Å². The molecule has 2 aromatic rings. The number of rotatable bonds is 3. The van der Waals surface area contributed by atoms with E-state index < -0.39 is 0 Å². The zero-order valence-electron chi connectivity index (χ0n) is 13.1. The SMILES string of the molecule is CCN1CCN(C(=O)c2ncoc2-c2cccc(C)c2)CC1. The Morgan fingerprint density at radius 3 is 2.73 bits per heavy atom. The molecule has 0 N–H and O–H groups in total. The summed E-state index contributed by atoms with van der Waals surface area (Å²) in [5.41, 5.74) is 2.44. The fourth-order valence-corrected chi connectivity index (χ4v) is 2.81. The molecule has 22 heavy (non-hydrogen) atoms. The van der Waals surface area contributed by atoms with E-state index in [-0.39, 0.29) is 5.91 Å². The standard InChI is InChI=1S/C17H21N3O2/c1-3-19-7-9-20(10-8-19)17(21)15-16(22-12-18-15)14-6-4-5-13(2)11-14/h4-6,11-12H,3,7-10H2,1-2H3. The zero-order chi connectivity index (χ0) is 15.5. The van der Waals surface area contributed by atoms with Crippen LogP contribution in [0.4, 0.5) is 0 Å². The van der Waals surface area contributed by atoms with E-state index in [1.165, 1.54) is 6.39 Å². The van der Waals surface area contributed by atoms with Gasteiger partial charge in [-0.25, -0.2) is 4.98 Å². The van der Waals surface area contributed by atoms with Crippen molar-refractivity contribution < 1.29 is 9.21 Å². The number of benzene rings is 1. The Morgan fingerprint density at radius 2 is 2.05 bits per heavy atom. The van der Waals surface area contributed by atoms with Gasteiger partial charge in [0, 0.05) is 31.7 Å². The van der Waals surface area contributed by atoms with Gasteiger partial charge >= 0.3 is 0 Å². The molecule has 0 unspecified atom stereocenters. The van der Waals surface area contributed by atoms with Crippen LogP contribution < -0.4 is 0 Å². The number of hydrogen-bond donors (Lipinski definition) is 0. The highest BCUT2D eigenvalue weighted by Gasteiger charge is 2.26. The van der Waals surface area contributed by atoms with Gasteiger partial charge in [0.2, 0.25) is 0 Å². The van der Waals surface area contributed by atoms with Crippen LogP contribution in [0, 0.1) is 6.92 Å². The lowest BCUT2D eigenvalue weighted by Gasteiger charge is -2.33. The molecule has 1 aliphatic heterocycles. The third kappa shape index (κ3) is 2.90. The van der Waals surface area contributed by atoms with Gasteiger partial charge in [0.05, 0.1) is 0 Å². The molecule has 5 heteroatoms. The summed E-state index contributed by atoms with van der Waals surface area (Å²) in [5, 5.41) is 0. The average Bonchev–Trinajstić information content (AvgIpc) is 3.04. The van der Waals surface area contributed by atoms with Gasteiger partial charge in [0.15, 0.2) is 17.8 Å². The minimum absolute atomic E-state index is 0.0407. The Hall–Kier alpha value is -2.14. The Balaban J connectivity index is 1.81. The van der Waals surface area contributed by atoms with Crippen LogP contribution in [0.3, 0.4) is 0 Å². The minimum atomic E-state index is -0.0407. The summed E-state index contributed by atoms with van der Waals surface area (Å²) in [5.74, 6) is 0.521. The number of carbonyl (C=O) groups is 1. The van der Waals surface area contributed by atoms with E-state index in [2.05, 4.69) is 16.8 Å². The molecule has 3 rings (SSSR count). The lowest BCUT2D eigenvalue weighted by atomic mass is 10.1. The van der Waals surface area contributed by atoms with Crippen LogP contribution in [0.15, 0.2) is 35.1 Å². The van der Waals surface area contributed by atoms with Crippen LogP contribution in [-0.4, -0.2) is 53.4 Å². The molecule has 0 spiro atoms. The van der Waals surface area contributed by atoms with E-state index in [4.69, 9.17) is 4.42 Å². The summed E-state index contributed by atoms with van der Waals surface area (Å²) in [6, 6.07) is 7.93. The Bertz CT molecular complexity index is 657. The molecule has 0 radical (unpaired) electrons. The average molecular weight is 299 g/mol. The van der Waals surface area contributed by atoms with Crippen molar-refractivity contribution in [2.24, 2.45) is 0 Å². The second-order valence-corrected chi connectivity index (χ2v) is 5.63. The van der Waals surface area contributed by atoms with Crippen LogP contribution >= 0.6 is 0 Å². The molecule has 0 aliphatic carbocycles. The molecule has 0 bridgehead atoms. The van der Waals surface area contributed by atoms with Gasteiger partial charge in [-0.2, -0.15) is 0 Å². The van der Waals surface area contributed by atoms with Crippen LogP contribution in [0.1, 0.15) is 23.0 Å². The molecular formula is C17H21N3O2. The smallest absolute Gasteiger partial charge is 0.276 e. The largest absolute Gasteiger partial charge is 0.443 e. The van der Waals surface area contributed by atoms with Crippen molar-refractivity contribution in [2.75, 3.05) is 32.7 Å². The number of carbonyl (C=O) groups excluding carboxylic acids is 1. The first-order valence-corrected chi connectivity index (χ1v) is 7.71. The Labute approximate surface area is 130 Å². The van der Waals surface area contributed by atoms with E-state index in [0.29, 0.717) is 11.5 Å². The fraction of sp³-hybridized carbons (Fsp3) is 0.412. The summed E-state index contributed by atoms with van der Waals surface area (Å²) < 4.78 is 5.49. The van der Waals surface area contributed by atoms with E-state index in [1.807, 2.05) is 36.1 Å². The monoisotopic (exact) mass is 299 g/mol. The maximum atomic E-state index is 12.7. The van der Waals surface area contributed by atoms with Gasteiger partial charge in [-0.1, -0.05) is 30.7 Å². The van der Waals surface area contributed by atoms with Gasteiger partial charge in [0.1, 0.15) is 0 Å². The molecule has 1 aliphatic rings. The van der Waals surface area contributed by atoms with Crippen molar-refractivity contribution in [3.63, 3.8) is 0 Å². The number of aromatic nitrogens is 1. The van der Waals surface area contributed by atoms with Crippen molar-refractivity contribution in [1.82, 2.24) is 14.8 Å². The minimum Gasteiger partial charge on any atom is -0.443 e. The number of amides is 1. The maximum Gasteiger partial charge on any atom is 0.276 e. The predicted molar refractivity (Wildman–Crippen MR) is 84.7 cm³/mol. The molecule has 5 nitrogen and oxygen atoms in total. The highest BCUT2D eigenvalue weighted by atomic mass is 16.3. The molecule has 1 amide bonds. The number of hydrogen-bond acceptors (Lipinski definition) is 4. The van der Waals surface area contributed by atoms with Crippen molar-refractivity contribution >= 4 is 5.91 Å². The molecule has 1 aromatic heterocycles. The van der Waals surface area contributed by atoms with Crippen LogP contribution in [0.25, 0.3) is 11.3 Å². The molecule has 1 aromatic carbocycles. The third-order valence-corrected chi connectivity index (χ3v) is 4.16. The summed E-state index contributed by atoms with van der Waals surface area (Å²) in [4.78, 5) is 21.1. The number of nitrogens with zero attached hydrogens (tertiary/aromatic N) is 3. The van der Waals surface area contributed by atoms with Crippen molar-refractivity contribution in [3.8, 4) is 11.3 Å². The zero-order valence-corrected chi connectivity index (χ0v) is 13.1. The first kappa shape index (κ1) is 14.8. The lowest BCUT2D eigenvalue weighted by Crippen LogP contribution is -2.48. The third-order valence-electron chi connectivity index (χ3n) is 4.16. The molecule has 0 saturated carbocycles. The van der Waals surface area contributed by atoms with Gasteiger partial charge in [-0.3, -0.25) is 4.79 Å². The van der Waals surface area contributed by atoms with E-state index in [1.54, 1.807) is 0 Å². The van der Waals surface area contributed by atoms with E-state index >= 15 is 0 Å². The number of oxazole rings is 1. The van der Waals surface area contributed by atoms with Crippen LogP contribution in [0.2, 0.25) is 0 Å². The molecule has 1 saturated heterocycles. The van der Waals surface area contributed by atoms with Gasteiger partial charge in [0.25, 0.3) is 5.91 Å². The number of piperazine rings is 1. The second kappa shape index (κ2) is 6.32. The fourth-order valence-electron chi connectivity index (χ4n) is 2.81. The summed E-state index contributed by atoms with van der Waals surface area (Å²) in [6.45, 7) is 8.51. The lowest BCUT2D eigenvalue weighted by molar-refractivity contribution is 0.0638. The van der Waals surface area contributed by atoms with Crippen LogP contribution in [0.5, 0.6) is 0 Å². The normalized spacial score (nSPS) is 16.0. The summed E-state index contributed by atoms with van der Waals surface area (Å²) >= 11 is 0. The first-order valence-electron chi connectivity index (χ1n) is 7.71. The maximum absolute atomic E-state index is 12.7. The summed E-state index contributed by atoms with van der Waals surface area (Å²) in [7, 11) is 0. The number of likely N-dealkylation sites (N-methyl/N-ethyl adjacent to an activating group) is 1. The second-order valence-electron chi connectivity index (χ2n) is 5.63. The molecule has 0 atom stereocenters. The molecular weight excluding hydrogens is 278 g/mol. The van der Waals surface area contributed by atoms with Crippen molar-refractivity contribution in [2.45, 2.75) is 13.8 Å². The van der Waals surface area contributed by atoms with E-state index in [9.17, 15) is 4.79 Å². The van der Waals surface area contributed by atoms with E-state index in [0.717, 1.165) is 43.9 Å². The quantitative estimate of drug-likeness (QED) is 0.873. The van der Waals surface area contributed by atoms with Gasteiger partial charge < -0.3 is 14.2 Å². The van der Waals surface area contributed by atoms with Gasteiger partial charge in [-0.05, 0) is 19.5 Å². The highest BCUT2D eigenvalue weighted by Crippen LogP contribution is 2.25. The number of aryl methyl sites for hydroxylation is 1. The van der Waals surface area contributed by atoms with Gasteiger partial charge in [-0.15, -0.1) is 0 Å². The first-order chi connectivity index (χ1) is 10.7. The summed E-state index contributed by atoms with van der Waals surface area (Å²) in [6.07, 6.45) is 1.35. The highest BCUT2D eigenvalue weighted by molar-refractivity contribution is 5.97. The Kier molecular flexibility index (Phi) is 4.24. The Morgan fingerprint density at radius 1 is 1.27 bits per heavy atom.